The molecule has 1 rings (SSSR count). The molecule has 0 bridgehead atoms. The maximum Gasteiger partial charge on any atom is 0.251 e. The number of aliphatic imine (C=N–C) groups is 1. The molecule has 1 aromatic rings. The van der Waals surface area contributed by atoms with Crippen LogP contribution in [0.5, 0.6) is 0 Å². The standard InChI is InChI=1S/C19H32N4O.HI/c1-15(2)9-8-10-16(3)23-19(20-4)22-14-13-21-18(24)17-11-6-5-7-12-17;/h5-7,11-12,15-16H,8-10,13-14H2,1-4H3,(H,21,24)(H2,20,22,23);1H. The van der Waals surface area contributed by atoms with Crippen molar-refractivity contribution in [1.82, 2.24) is 16.0 Å². The fraction of sp³-hybridized carbons (Fsp3) is 0.579. The van der Waals surface area contributed by atoms with Gasteiger partial charge in [0.1, 0.15) is 0 Å². The van der Waals surface area contributed by atoms with Crippen molar-refractivity contribution in [3.63, 3.8) is 0 Å². The van der Waals surface area contributed by atoms with Crippen molar-refractivity contribution >= 4 is 35.8 Å². The topological polar surface area (TPSA) is 65.5 Å². The van der Waals surface area contributed by atoms with Crippen LogP contribution in [0.15, 0.2) is 35.3 Å². The Kier molecular flexibility index (Phi) is 13.2. The van der Waals surface area contributed by atoms with Crippen molar-refractivity contribution in [1.29, 1.82) is 0 Å². The number of nitrogens with one attached hydrogen (secondary N) is 3. The van der Waals surface area contributed by atoms with E-state index in [-0.39, 0.29) is 29.9 Å². The molecule has 0 aliphatic rings. The van der Waals surface area contributed by atoms with Gasteiger partial charge in [-0.25, -0.2) is 0 Å². The molecule has 1 unspecified atom stereocenters. The van der Waals surface area contributed by atoms with E-state index in [0.717, 1.165) is 18.3 Å². The van der Waals surface area contributed by atoms with Crippen molar-refractivity contribution in [3.8, 4) is 0 Å². The van der Waals surface area contributed by atoms with Crippen LogP contribution in [0.3, 0.4) is 0 Å². The molecule has 1 aromatic carbocycles. The van der Waals surface area contributed by atoms with Gasteiger partial charge in [0.2, 0.25) is 0 Å². The molecule has 0 spiro atoms. The number of nitrogens with zero attached hydrogens (tertiary/aromatic N) is 1. The summed E-state index contributed by atoms with van der Waals surface area (Å²) in [5.74, 6) is 1.48. The minimum absolute atomic E-state index is 0. The number of carbonyl (C=O) groups excluding carboxylic acids is 1. The van der Waals surface area contributed by atoms with Crippen LogP contribution in [-0.2, 0) is 0 Å². The Bertz CT molecular complexity index is 505. The lowest BCUT2D eigenvalue weighted by atomic mass is 10.0. The fourth-order valence-electron chi connectivity index (χ4n) is 2.38. The molecule has 0 aliphatic carbocycles. The van der Waals surface area contributed by atoms with Crippen LogP contribution in [0.4, 0.5) is 0 Å². The second-order valence-corrected chi connectivity index (χ2v) is 6.49. The van der Waals surface area contributed by atoms with Crippen molar-refractivity contribution < 1.29 is 4.79 Å². The van der Waals surface area contributed by atoms with E-state index < -0.39 is 0 Å². The molecule has 5 nitrogen and oxygen atoms in total. The maximum absolute atomic E-state index is 11.9. The molecular formula is C19H33IN4O. The Balaban J connectivity index is 0.00000576. The highest BCUT2D eigenvalue weighted by Crippen LogP contribution is 2.08. The highest BCUT2D eigenvalue weighted by molar-refractivity contribution is 14.0. The van der Waals surface area contributed by atoms with Crippen LogP contribution in [0.2, 0.25) is 0 Å². The number of amides is 1. The molecule has 0 heterocycles. The lowest BCUT2D eigenvalue weighted by molar-refractivity contribution is 0.0954. The third-order valence-electron chi connectivity index (χ3n) is 3.76. The second kappa shape index (κ2) is 13.9. The summed E-state index contributed by atoms with van der Waals surface area (Å²) in [6, 6.07) is 9.62. The predicted octanol–water partition coefficient (Wildman–Crippen LogP) is 3.41. The van der Waals surface area contributed by atoms with Gasteiger partial charge >= 0.3 is 0 Å². The monoisotopic (exact) mass is 460 g/mol. The molecular weight excluding hydrogens is 427 g/mol. The van der Waals surface area contributed by atoms with Gasteiger partial charge in [-0.2, -0.15) is 0 Å². The fourth-order valence-corrected chi connectivity index (χ4v) is 2.38. The molecule has 6 heteroatoms. The molecule has 25 heavy (non-hydrogen) atoms. The number of hydrogen-bond donors (Lipinski definition) is 3. The van der Waals surface area contributed by atoms with Crippen molar-refractivity contribution in [2.75, 3.05) is 20.1 Å². The van der Waals surface area contributed by atoms with Crippen LogP contribution in [0, 0.1) is 5.92 Å². The van der Waals surface area contributed by atoms with Crippen LogP contribution >= 0.6 is 24.0 Å². The molecule has 0 aliphatic heterocycles. The molecule has 0 fully saturated rings. The number of guanidine groups is 1. The average Bonchev–Trinajstić information content (AvgIpc) is 2.57. The number of halogens is 1. The summed E-state index contributed by atoms with van der Waals surface area (Å²) in [7, 11) is 1.76. The van der Waals surface area contributed by atoms with Crippen molar-refractivity contribution in [2.24, 2.45) is 10.9 Å². The van der Waals surface area contributed by atoms with Crippen molar-refractivity contribution in [2.45, 2.75) is 46.1 Å². The normalized spacial score (nSPS) is 12.3. The zero-order chi connectivity index (χ0) is 17.8. The van der Waals surface area contributed by atoms with Gasteiger partial charge in [-0.15, -0.1) is 24.0 Å². The summed E-state index contributed by atoms with van der Waals surface area (Å²) >= 11 is 0. The van der Waals surface area contributed by atoms with Crippen LogP contribution in [0.1, 0.15) is 50.4 Å². The first-order valence-corrected chi connectivity index (χ1v) is 8.83. The summed E-state index contributed by atoms with van der Waals surface area (Å²) in [6.45, 7) is 7.86. The van der Waals surface area contributed by atoms with E-state index in [1.165, 1.54) is 12.8 Å². The van der Waals surface area contributed by atoms with Crippen molar-refractivity contribution in [3.05, 3.63) is 35.9 Å². The van der Waals surface area contributed by atoms with Crippen LogP contribution in [-0.4, -0.2) is 38.0 Å². The van der Waals surface area contributed by atoms with E-state index in [1.807, 2.05) is 30.3 Å². The second-order valence-electron chi connectivity index (χ2n) is 6.49. The van der Waals surface area contributed by atoms with Gasteiger partial charge in [0.15, 0.2) is 5.96 Å². The minimum atomic E-state index is -0.0533. The van der Waals surface area contributed by atoms with Crippen LogP contribution in [0.25, 0.3) is 0 Å². The molecule has 0 saturated heterocycles. The molecule has 3 N–H and O–H groups in total. The summed E-state index contributed by atoms with van der Waals surface area (Å²) < 4.78 is 0. The Hall–Kier alpha value is -1.31. The number of carbonyl (C=O) groups is 1. The average molecular weight is 460 g/mol. The number of benzene rings is 1. The maximum atomic E-state index is 11.9. The first kappa shape index (κ1) is 23.7. The smallest absolute Gasteiger partial charge is 0.251 e. The van der Waals surface area contributed by atoms with Crippen LogP contribution < -0.4 is 16.0 Å². The van der Waals surface area contributed by atoms with Gasteiger partial charge in [0.05, 0.1) is 0 Å². The molecule has 0 radical (unpaired) electrons. The molecule has 1 amide bonds. The molecule has 0 saturated carbocycles. The zero-order valence-electron chi connectivity index (χ0n) is 15.8. The van der Waals surface area contributed by atoms with E-state index in [4.69, 9.17) is 0 Å². The van der Waals surface area contributed by atoms with E-state index in [0.29, 0.717) is 24.7 Å². The summed E-state index contributed by atoms with van der Waals surface area (Å²) in [5.41, 5.74) is 0.679. The first-order valence-electron chi connectivity index (χ1n) is 8.83. The molecule has 1 atom stereocenters. The Morgan fingerprint density at radius 3 is 2.28 bits per heavy atom. The summed E-state index contributed by atoms with van der Waals surface area (Å²) in [5, 5.41) is 9.51. The molecule has 0 aromatic heterocycles. The largest absolute Gasteiger partial charge is 0.355 e. The quantitative estimate of drug-likeness (QED) is 0.229. The van der Waals surface area contributed by atoms with Gasteiger partial charge in [-0.3, -0.25) is 9.79 Å². The number of hydrogen-bond acceptors (Lipinski definition) is 2. The Morgan fingerprint density at radius 1 is 1.04 bits per heavy atom. The third kappa shape index (κ3) is 11.0. The van der Waals surface area contributed by atoms with Gasteiger partial charge < -0.3 is 16.0 Å². The summed E-state index contributed by atoms with van der Waals surface area (Å²) in [6.07, 6.45) is 3.60. The lowest BCUT2D eigenvalue weighted by Crippen LogP contribution is -2.44. The Labute approximate surface area is 169 Å². The zero-order valence-corrected chi connectivity index (χ0v) is 18.2. The highest BCUT2D eigenvalue weighted by atomic mass is 127. The SMILES string of the molecule is CN=C(NCCNC(=O)c1ccccc1)NC(C)CCCC(C)C.I. The summed E-state index contributed by atoms with van der Waals surface area (Å²) in [4.78, 5) is 16.2. The number of rotatable bonds is 9. The van der Waals surface area contributed by atoms with Gasteiger partial charge in [-0.1, -0.05) is 44.9 Å². The predicted molar refractivity (Wildman–Crippen MR) is 117 cm³/mol. The first-order chi connectivity index (χ1) is 11.5. The van der Waals surface area contributed by atoms with E-state index in [2.05, 4.69) is 41.7 Å². The third-order valence-corrected chi connectivity index (χ3v) is 3.76. The van der Waals surface area contributed by atoms with Gasteiger partial charge in [0.25, 0.3) is 5.91 Å². The molecule has 142 valence electrons. The minimum Gasteiger partial charge on any atom is -0.355 e. The van der Waals surface area contributed by atoms with E-state index in [1.54, 1.807) is 7.05 Å². The Morgan fingerprint density at radius 2 is 1.68 bits per heavy atom. The van der Waals surface area contributed by atoms with Gasteiger partial charge in [-0.05, 0) is 31.4 Å². The van der Waals surface area contributed by atoms with E-state index >= 15 is 0 Å². The van der Waals surface area contributed by atoms with Gasteiger partial charge in [0, 0.05) is 31.7 Å². The lowest BCUT2D eigenvalue weighted by Gasteiger charge is -2.18. The van der Waals surface area contributed by atoms with E-state index in [9.17, 15) is 4.79 Å². The highest BCUT2D eigenvalue weighted by Gasteiger charge is 2.06.